The second-order valence-electron chi connectivity index (χ2n) is 4.13. The third kappa shape index (κ3) is 4.28. The van der Waals surface area contributed by atoms with Gasteiger partial charge in [-0.1, -0.05) is 31.9 Å². The Morgan fingerprint density at radius 1 is 1.00 bits per heavy atom. The van der Waals surface area contributed by atoms with Gasteiger partial charge in [-0.05, 0) is 55.6 Å². The third-order valence-electron chi connectivity index (χ3n) is 2.71. The van der Waals surface area contributed by atoms with Crippen molar-refractivity contribution in [3.8, 4) is 0 Å². The second kappa shape index (κ2) is 7.21. The smallest absolute Gasteiger partial charge is 0.270 e. The van der Waals surface area contributed by atoms with Crippen LogP contribution in [0.2, 0.25) is 0 Å². The normalized spacial score (nSPS) is 10.5. The Balaban J connectivity index is 2.19. The fraction of sp³-hybridized carbons (Fsp3) is 0.0769. The molecule has 0 heterocycles. The molecular formula is C13H8Br4N2O2. The Kier molecular flexibility index (Phi) is 5.81. The van der Waals surface area contributed by atoms with Gasteiger partial charge < -0.3 is 5.32 Å². The summed E-state index contributed by atoms with van der Waals surface area (Å²) in [5.74, 6) is 0. The highest BCUT2D eigenvalue weighted by Gasteiger charge is 2.11. The monoisotopic (exact) mass is 540 g/mol. The minimum atomic E-state index is -0.413. The van der Waals surface area contributed by atoms with Crippen molar-refractivity contribution in [2.45, 2.75) is 6.54 Å². The van der Waals surface area contributed by atoms with Crippen LogP contribution in [0.15, 0.2) is 48.2 Å². The van der Waals surface area contributed by atoms with Gasteiger partial charge in [0.2, 0.25) is 0 Å². The second-order valence-corrected chi connectivity index (χ2v) is 7.61. The van der Waals surface area contributed by atoms with Crippen LogP contribution in [0.3, 0.4) is 0 Å². The van der Waals surface area contributed by atoms with Gasteiger partial charge in [-0.25, -0.2) is 0 Å². The first kappa shape index (κ1) is 16.9. The molecule has 0 aliphatic rings. The van der Waals surface area contributed by atoms with E-state index in [4.69, 9.17) is 0 Å². The first-order chi connectivity index (χ1) is 9.88. The maximum atomic E-state index is 10.7. The van der Waals surface area contributed by atoms with Crippen LogP contribution in [-0.2, 0) is 6.54 Å². The number of hydrogen-bond acceptors (Lipinski definition) is 3. The van der Waals surface area contributed by atoms with E-state index in [-0.39, 0.29) is 5.69 Å². The van der Waals surface area contributed by atoms with Gasteiger partial charge in [-0.2, -0.15) is 0 Å². The maximum absolute atomic E-state index is 10.7. The Morgan fingerprint density at radius 3 is 2.14 bits per heavy atom. The summed E-state index contributed by atoms with van der Waals surface area (Å²) < 4.78 is 3.50. The molecule has 110 valence electrons. The van der Waals surface area contributed by atoms with E-state index < -0.39 is 4.92 Å². The zero-order chi connectivity index (χ0) is 15.6. The highest BCUT2D eigenvalue weighted by Crippen LogP contribution is 2.35. The summed E-state index contributed by atoms with van der Waals surface area (Å²) in [5.41, 5.74) is 1.92. The molecule has 2 aromatic carbocycles. The SMILES string of the molecule is O=[N+]([O-])c1ccc(CNc2c(Br)cc(Br)cc2Br)c(Br)c1. The van der Waals surface area contributed by atoms with Crippen molar-refractivity contribution in [3.05, 3.63) is 63.9 Å². The molecule has 0 amide bonds. The van der Waals surface area contributed by atoms with Gasteiger partial charge in [0.15, 0.2) is 0 Å². The highest BCUT2D eigenvalue weighted by molar-refractivity contribution is 9.11. The predicted molar refractivity (Wildman–Crippen MR) is 97.7 cm³/mol. The Bertz CT molecular complexity index is 684. The van der Waals surface area contributed by atoms with E-state index in [0.717, 1.165) is 24.7 Å². The summed E-state index contributed by atoms with van der Waals surface area (Å²) in [4.78, 5) is 10.3. The van der Waals surface area contributed by atoms with E-state index in [1.807, 2.05) is 12.1 Å². The lowest BCUT2D eigenvalue weighted by atomic mass is 10.2. The van der Waals surface area contributed by atoms with E-state index in [1.165, 1.54) is 12.1 Å². The van der Waals surface area contributed by atoms with Gasteiger partial charge in [0, 0.05) is 36.6 Å². The number of nitrogens with one attached hydrogen (secondary N) is 1. The molecule has 0 aliphatic heterocycles. The number of halogens is 4. The number of benzene rings is 2. The minimum absolute atomic E-state index is 0.0663. The van der Waals surface area contributed by atoms with E-state index in [2.05, 4.69) is 69.0 Å². The standard InChI is InChI=1S/C13H8Br4N2O2/c14-8-3-11(16)13(12(17)4-8)18-6-7-1-2-9(19(20)21)5-10(7)15/h1-5,18H,6H2. The number of non-ortho nitro benzene ring substituents is 1. The number of rotatable bonds is 4. The van der Waals surface area contributed by atoms with Crippen LogP contribution >= 0.6 is 63.7 Å². The Morgan fingerprint density at radius 2 is 1.62 bits per heavy atom. The molecule has 8 heteroatoms. The van der Waals surface area contributed by atoms with Crippen LogP contribution in [0.5, 0.6) is 0 Å². The molecule has 4 nitrogen and oxygen atoms in total. The first-order valence-electron chi connectivity index (χ1n) is 5.69. The number of hydrogen-bond donors (Lipinski definition) is 1. The van der Waals surface area contributed by atoms with Crippen LogP contribution in [0, 0.1) is 10.1 Å². The quantitative estimate of drug-likeness (QED) is 0.366. The van der Waals surface area contributed by atoms with E-state index in [9.17, 15) is 10.1 Å². The molecule has 0 unspecified atom stereocenters. The molecule has 0 aliphatic carbocycles. The number of nitro benzene ring substituents is 1. The predicted octanol–water partition coefficient (Wildman–Crippen LogP) is 6.26. The molecule has 0 atom stereocenters. The first-order valence-corrected chi connectivity index (χ1v) is 8.87. The zero-order valence-corrected chi connectivity index (χ0v) is 16.7. The van der Waals surface area contributed by atoms with Crippen molar-refractivity contribution in [2.75, 3.05) is 5.32 Å². The molecule has 0 aromatic heterocycles. The minimum Gasteiger partial charge on any atom is -0.379 e. The summed E-state index contributed by atoms with van der Waals surface area (Å²) in [6.07, 6.45) is 0. The molecule has 1 N–H and O–H groups in total. The lowest BCUT2D eigenvalue weighted by Gasteiger charge is -2.12. The van der Waals surface area contributed by atoms with Crippen LogP contribution < -0.4 is 5.32 Å². The van der Waals surface area contributed by atoms with Crippen molar-refractivity contribution < 1.29 is 4.92 Å². The maximum Gasteiger partial charge on any atom is 0.270 e. The van der Waals surface area contributed by atoms with Crippen molar-refractivity contribution in [3.63, 3.8) is 0 Å². The van der Waals surface area contributed by atoms with Gasteiger partial charge in [0.05, 0.1) is 10.6 Å². The fourth-order valence-corrected chi connectivity index (χ4v) is 4.73. The summed E-state index contributed by atoms with van der Waals surface area (Å²) in [6.45, 7) is 0.539. The van der Waals surface area contributed by atoms with Crippen molar-refractivity contribution >= 4 is 75.1 Å². The van der Waals surface area contributed by atoms with Crippen LogP contribution in [0.1, 0.15) is 5.56 Å². The van der Waals surface area contributed by atoms with Crippen LogP contribution in [0.4, 0.5) is 11.4 Å². The van der Waals surface area contributed by atoms with Crippen LogP contribution in [0.25, 0.3) is 0 Å². The van der Waals surface area contributed by atoms with Gasteiger partial charge >= 0.3 is 0 Å². The summed E-state index contributed by atoms with van der Waals surface area (Å²) in [6, 6.07) is 8.61. The molecule has 0 fully saturated rings. The zero-order valence-electron chi connectivity index (χ0n) is 10.4. The topological polar surface area (TPSA) is 55.2 Å². The largest absolute Gasteiger partial charge is 0.379 e. The average Bonchev–Trinajstić information content (AvgIpc) is 2.38. The molecule has 0 saturated heterocycles. The molecule has 2 aromatic rings. The number of anilines is 1. The van der Waals surface area contributed by atoms with Gasteiger partial charge in [-0.15, -0.1) is 0 Å². The summed E-state index contributed by atoms with van der Waals surface area (Å²) in [5, 5.41) is 14.0. The van der Waals surface area contributed by atoms with E-state index in [0.29, 0.717) is 11.0 Å². The molecule has 21 heavy (non-hydrogen) atoms. The van der Waals surface area contributed by atoms with Crippen molar-refractivity contribution in [1.82, 2.24) is 0 Å². The van der Waals surface area contributed by atoms with Gasteiger partial charge in [0.25, 0.3) is 5.69 Å². The highest BCUT2D eigenvalue weighted by atomic mass is 79.9. The summed E-state index contributed by atoms with van der Waals surface area (Å²) >= 11 is 13.8. The molecule has 0 radical (unpaired) electrons. The summed E-state index contributed by atoms with van der Waals surface area (Å²) in [7, 11) is 0. The fourth-order valence-electron chi connectivity index (χ4n) is 1.69. The van der Waals surface area contributed by atoms with Gasteiger partial charge in [-0.3, -0.25) is 10.1 Å². The molecule has 0 spiro atoms. The molecular weight excluding hydrogens is 536 g/mol. The number of nitro groups is 1. The van der Waals surface area contributed by atoms with Crippen molar-refractivity contribution in [1.29, 1.82) is 0 Å². The molecule has 0 bridgehead atoms. The van der Waals surface area contributed by atoms with Gasteiger partial charge in [0.1, 0.15) is 0 Å². The van der Waals surface area contributed by atoms with E-state index >= 15 is 0 Å². The molecule has 0 saturated carbocycles. The Labute approximate surface area is 155 Å². The van der Waals surface area contributed by atoms with Crippen molar-refractivity contribution in [2.24, 2.45) is 0 Å². The van der Waals surface area contributed by atoms with E-state index in [1.54, 1.807) is 6.07 Å². The lowest BCUT2D eigenvalue weighted by Crippen LogP contribution is -2.02. The lowest BCUT2D eigenvalue weighted by molar-refractivity contribution is -0.384. The molecule has 2 rings (SSSR count). The number of nitrogens with zero attached hydrogens (tertiary/aromatic N) is 1. The Hall–Kier alpha value is -0.440. The average molecular weight is 544 g/mol. The third-order valence-corrected chi connectivity index (χ3v) is 5.16. The van der Waals surface area contributed by atoms with Crippen LogP contribution in [-0.4, -0.2) is 4.92 Å².